The van der Waals surface area contributed by atoms with Crippen molar-refractivity contribution >= 4 is 22.8 Å². The number of fused-ring (bicyclic) bond motifs is 1. The van der Waals surface area contributed by atoms with E-state index in [1.165, 1.54) is 17.8 Å². The van der Waals surface area contributed by atoms with Crippen LogP contribution in [0.4, 0.5) is 4.39 Å². The van der Waals surface area contributed by atoms with Crippen LogP contribution in [0, 0.1) is 5.82 Å². The van der Waals surface area contributed by atoms with Crippen molar-refractivity contribution in [3.63, 3.8) is 0 Å². The first-order valence-corrected chi connectivity index (χ1v) is 7.14. The highest BCUT2D eigenvalue weighted by Crippen LogP contribution is 2.31. The molecule has 0 atom stereocenters. The molecule has 0 aliphatic heterocycles. The summed E-state index contributed by atoms with van der Waals surface area (Å²) in [6, 6.07) is 13.0. The van der Waals surface area contributed by atoms with Crippen molar-refractivity contribution in [2.24, 2.45) is 0 Å². The van der Waals surface area contributed by atoms with Crippen LogP contribution in [0.25, 0.3) is 11.0 Å². The van der Waals surface area contributed by atoms with Gasteiger partial charge in [-0.05, 0) is 31.3 Å². The maximum Gasteiger partial charge on any atom is 0.171 e. The van der Waals surface area contributed by atoms with Gasteiger partial charge < -0.3 is 10.3 Å². The van der Waals surface area contributed by atoms with E-state index in [9.17, 15) is 4.39 Å². The molecule has 0 spiro atoms. The molecule has 3 nitrogen and oxygen atoms in total. The molecule has 0 saturated carbocycles. The van der Waals surface area contributed by atoms with E-state index in [0.29, 0.717) is 12.1 Å². The Morgan fingerprint density at radius 1 is 1.20 bits per heavy atom. The van der Waals surface area contributed by atoms with Crippen LogP contribution in [-0.2, 0) is 6.54 Å². The van der Waals surface area contributed by atoms with E-state index in [4.69, 9.17) is 0 Å². The smallest absolute Gasteiger partial charge is 0.171 e. The fraction of sp³-hybridized carbons (Fsp3) is 0.133. The standard InChI is InChI=1S/C15H14FN3S/c1-17-9-10-11(16)5-4-8-14(10)20-15-18-12-6-2-3-7-13(12)19-15/h2-8,17H,9H2,1H3,(H,18,19). The van der Waals surface area contributed by atoms with Gasteiger partial charge in [-0.3, -0.25) is 0 Å². The number of rotatable bonds is 4. The first-order valence-electron chi connectivity index (χ1n) is 6.32. The zero-order valence-corrected chi connectivity index (χ0v) is 11.8. The fourth-order valence-corrected chi connectivity index (χ4v) is 3.02. The van der Waals surface area contributed by atoms with E-state index in [0.717, 1.165) is 21.1 Å². The van der Waals surface area contributed by atoms with Gasteiger partial charge in [-0.1, -0.05) is 30.0 Å². The summed E-state index contributed by atoms with van der Waals surface area (Å²) in [7, 11) is 1.81. The van der Waals surface area contributed by atoms with Crippen LogP contribution < -0.4 is 5.32 Å². The average molecular weight is 287 g/mol. The molecular weight excluding hydrogens is 273 g/mol. The topological polar surface area (TPSA) is 40.7 Å². The molecular formula is C15H14FN3S. The molecule has 2 aromatic carbocycles. The van der Waals surface area contributed by atoms with Crippen molar-refractivity contribution in [1.82, 2.24) is 15.3 Å². The Balaban J connectivity index is 1.96. The van der Waals surface area contributed by atoms with Gasteiger partial charge in [-0.25, -0.2) is 9.37 Å². The lowest BCUT2D eigenvalue weighted by molar-refractivity contribution is 0.593. The Labute approximate surface area is 120 Å². The van der Waals surface area contributed by atoms with E-state index in [2.05, 4.69) is 15.3 Å². The van der Waals surface area contributed by atoms with Gasteiger partial charge in [0.25, 0.3) is 0 Å². The van der Waals surface area contributed by atoms with Crippen molar-refractivity contribution in [2.75, 3.05) is 7.05 Å². The first-order chi connectivity index (χ1) is 9.78. The summed E-state index contributed by atoms with van der Waals surface area (Å²) >= 11 is 1.45. The summed E-state index contributed by atoms with van der Waals surface area (Å²) in [5.41, 5.74) is 2.57. The number of halogens is 1. The maximum atomic E-state index is 13.9. The molecule has 0 bridgehead atoms. The number of imidazole rings is 1. The molecule has 0 aliphatic rings. The van der Waals surface area contributed by atoms with Gasteiger partial charge in [-0.2, -0.15) is 0 Å². The van der Waals surface area contributed by atoms with Gasteiger partial charge in [0.05, 0.1) is 11.0 Å². The maximum absolute atomic E-state index is 13.9. The van der Waals surface area contributed by atoms with Gasteiger partial charge in [-0.15, -0.1) is 0 Å². The van der Waals surface area contributed by atoms with Crippen LogP contribution in [0.15, 0.2) is 52.5 Å². The number of para-hydroxylation sites is 2. The van der Waals surface area contributed by atoms with Crippen LogP contribution in [0.1, 0.15) is 5.56 Å². The molecule has 0 unspecified atom stereocenters. The SMILES string of the molecule is CNCc1c(F)cccc1Sc1nc2ccccc2[nH]1. The molecule has 0 aliphatic carbocycles. The van der Waals surface area contributed by atoms with E-state index in [1.54, 1.807) is 6.07 Å². The first kappa shape index (κ1) is 13.1. The second-order valence-electron chi connectivity index (χ2n) is 4.41. The van der Waals surface area contributed by atoms with E-state index < -0.39 is 0 Å². The highest BCUT2D eigenvalue weighted by atomic mass is 32.2. The van der Waals surface area contributed by atoms with Crippen molar-refractivity contribution in [1.29, 1.82) is 0 Å². The second-order valence-corrected chi connectivity index (χ2v) is 5.44. The predicted molar refractivity (Wildman–Crippen MR) is 79.4 cm³/mol. The third-order valence-electron chi connectivity index (χ3n) is 3.00. The highest BCUT2D eigenvalue weighted by Gasteiger charge is 2.11. The lowest BCUT2D eigenvalue weighted by Gasteiger charge is -2.08. The van der Waals surface area contributed by atoms with Crippen LogP contribution in [0.3, 0.4) is 0 Å². The van der Waals surface area contributed by atoms with Crippen LogP contribution in [0.5, 0.6) is 0 Å². The molecule has 5 heteroatoms. The highest BCUT2D eigenvalue weighted by molar-refractivity contribution is 7.99. The van der Waals surface area contributed by atoms with Crippen LogP contribution in [0.2, 0.25) is 0 Å². The van der Waals surface area contributed by atoms with Gasteiger partial charge >= 0.3 is 0 Å². The Hall–Kier alpha value is -1.85. The summed E-state index contributed by atoms with van der Waals surface area (Å²) in [5, 5.41) is 3.77. The Kier molecular flexibility index (Phi) is 3.71. The number of nitrogens with one attached hydrogen (secondary N) is 2. The minimum absolute atomic E-state index is 0.194. The molecule has 3 aromatic rings. The van der Waals surface area contributed by atoms with Gasteiger partial charge in [0.15, 0.2) is 5.16 Å². The molecule has 0 saturated heterocycles. The molecule has 20 heavy (non-hydrogen) atoms. The molecule has 0 fully saturated rings. The van der Waals surface area contributed by atoms with Crippen molar-refractivity contribution in [2.45, 2.75) is 16.6 Å². The lowest BCUT2D eigenvalue weighted by Crippen LogP contribution is -2.08. The molecule has 3 rings (SSSR count). The van der Waals surface area contributed by atoms with E-state index >= 15 is 0 Å². The number of hydrogen-bond acceptors (Lipinski definition) is 3. The van der Waals surface area contributed by atoms with Crippen LogP contribution in [-0.4, -0.2) is 17.0 Å². The zero-order chi connectivity index (χ0) is 13.9. The number of aromatic amines is 1. The molecule has 0 amide bonds. The Bertz CT molecular complexity index is 706. The lowest BCUT2D eigenvalue weighted by atomic mass is 10.2. The molecule has 2 N–H and O–H groups in total. The monoisotopic (exact) mass is 287 g/mol. The number of benzene rings is 2. The van der Waals surface area contributed by atoms with Crippen molar-refractivity contribution in [3.8, 4) is 0 Å². The van der Waals surface area contributed by atoms with Crippen LogP contribution >= 0.6 is 11.8 Å². The van der Waals surface area contributed by atoms with Crippen molar-refractivity contribution < 1.29 is 4.39 Å². The number of aromatic nitrogens is 2. The average Bonchev–Trinajstić information content (AvgIpc) is 2.85. The second kappa shape index (κ2) is 5.64. The minimum atomic E-state index is -0.194. The summed E-state index contributed by atoms with van der Waals surface area (Å²) in [6.07, 6.45) is 0. The third kappa shape index (κ3) is 2.55. The van der Waals surface area contributed by atoms with E-state index in [1.807, 2.05) is 37.4 Å². The minimum Gasteiger partial charge on any atom is -0.333 e. The summed E-state index contributed by atoms with van der Waals surface area (Å²) in [4.78, 5) is 8.62. The Morgan fingerprint density at radius 3 is 2.85 bits per heavy atom. The largest absolute Gasteiger partial charge is 0.333 e. The molecule has 0 radical (unpaired) electrons. The number of H-pyrrole nitrogens is 1. The summed E-state index contributed by atoms with van der Waals surface area (Å²) in [5.74, 6) is -0.194. The molecule has 1 heterocycles. The predicted octanol–water partition coefficient (Wildman–Crippen LogP) is 3.57. The summed E-state index contributed by atoms with van der Waals surface area (Å²) in [6.45, 7) is 0.495. The summed E-state index contributed by atoms with van der Waals surface area (Å²) < 4.78 is 13.9. The number of nitrogens with zero attached hydrogens (tertiary/aromatic N) is 1. The molecule has 102 valence electrons. The Morgan fingerprint density at radius 2 is 2.05 bits per heavy atom. The third-order valence-corrected chi connectivity index (χ3v) is 3.99. The normalized spacial score (nSPS) is 11.1. The van der Waals surface area contributed by atoms with Gasteiger partial charge in [0.2, 0.25) is 0 Å². The zero-order valence-electron chi connectivity index (χ0n) is 11.0. The van der Waals surface area contributed by atoms with Gasteiger partial charge in [0, 0.05) is 17.0 Å². The fourth-order valence-electron chi connectivity index (χ4n) is 2.06. The number of hydrogen-bond donors (Lipinski definition) is 2. The van der Waals surface area contributed by atoms with Crippen molar-refractivity contribution in [3.05, 3.63) is 53.8 Å². The van der Waals surface area contributed by atoms with E-state index in [-0.39, 0.29) is 5.82 Å². The quantitative estimate of drug-likeness (QED) is 0.770. The van der Waals surface area contributed by atoms with Gasteiger partial charge in [0.1, 0.15) is 5.82 Å². The molecule has 1 aromatic heterocycles.